The van der Waals surface area contributed by atoms with Crippen molar-refractivity contribution in [1.29, 1.82) is 0 Å². The highest BCUT2D eigenvalue weighted by Crippen LogP contribution is 2.34. The van der Waals surface area contributed by atoms with E-state index in [2.05, 4.69) is 10.3 Å². The quantitative estimate of drug-likeness (QED) is 0.665. The molecule has 0 radical (unpaired) electrons. The van der Waals surface area contributed by atoms with Crippen LogP contribution < -0.4 is 9.47 Å². The fourth-order valence-corrected chi connectivity index (χ4v) is 2.91. The summed E-state index contributed by atoms with van der Waals surface area (Å²) >= 11 is 5.93. The molecular weight excluding hydrogens is 352 g/mol. The Morgan fingerprint density at radius 1 is 1.00 bits per heavy atom. The number of aromatic nitrogens is 3. The predicted octanol–water partition coefficient (Wildman–Crippen LogP) is 3.72. The Morgan fingerprint density at radius 3 is 2.44 bits per heavy atom. The van der Waals surface area contributed by atoms with E-state index in [4.69, 9.17) is 21.1 Å². The van der Waals surface area contributed by atoms with Crippen molar-refractivity contribution in [3.8, 4) is 28.4 Å². The summed E-state index contributed by atoms with van der Waals surface area (Å²) in [4.78, 5) is 0. The zero-order chi connectivity index (χ0) is 17.4. The second-order valence-electron chi connectivity index (χ2n) is 5.42. The first-order chi connectivity index (χ1) is 12.2. The van der Waals surface area contributed by atoms with Gasteiger partial charge in [0.1, 0.15) is 30.5 Å². The molecule has 25 heavy (non-hydrogen) atoms. The molecule has 0 amide bonds. The molecule has 3 aromatic rings. The second kappa shape index (κ2) is 6.33. The summed E-state index contributed by atoms with van der Waals surface area (Å²) in [5.74, 6) is -0.122. The number of halogens is 3. The van der Waals surface area contributed by atoms with Gasteiger partial charge in [-0.05, 0) is 24.3 Å². The van der Waals surface area contributed by atoms with Gasteiger partial charge in [-0.3, -0.25) is 0 Å². The van der Waals surface area contributed by atoms with Crippen LogP contribution in [0.5, 0.6) is 11.5 Å². The molecule has 0 aliphatic carbocycles. The fourth-order valence-electron chi connectivity index (χ4n) is 2.73. The molecule has 8 heteroatoms. The van der Waals surface area contributed by atoms with Gasteiger partial charge in [0.15, 0.2) is 11.5 Å². The van der Waals surface area contributed by atoms with Crippen LogP contribution in [0.4, 0.5) is 8.78 Å². The van der Waals surface area contributed by atoms with Crippen LogP contribution in [0.3, 0.4) is 0 Å². The Labute approximate surface area is 146 Å². The van der Waals surface area contributed by atoms with E-state index in [9.17, 15) is 8.78 Å². The van der Waals surface area contributed by atoms with Crippen molar-refractivity contribution in [3.05, 3.63) is 53.7 Å². The predicted molar refractivity (Wildman–Crippen MR) is 87.3 cm³/mol. The van der Waals surface area contributed by atoms with Crippen LogP contribution >= 0.6 is 11.6 Å². The highest BCUT2D eigenvalue weighted by atomic mass is 35.5. The Hall–Kier alpha value is -2.67. The van der Waals surface area contributed by atoms with Gasteiger partial charge >= 0.3 is 0 Å². The van der Waals surface area contributed by atoms with E-state index >= 15 is 0 Å². The van der Waals surface area contributed by atoms with E-state index in [1.54, 1.807) is 18.2 Å². The minimum atomic E-state index is -0.689. The molecule has 2 aromatic carbocycles. The average molecular weight is 364 g/mol. The molecule has 5 nitrogen and oxygen atoms in total. The lowest BCUT2D eigenvalue weighted by molar-refractivity contribution is 0.171. The van der Waals surface area contributed by atoms with Crippen LogP contribution in [0, 0.1) is 11.6 Å². The first-order valence-electron chi connectivity index (χ1n) is 7.53. The van der Waals surface area contributed by atoms with E-state index in [0.29, 0.717) is 47.4 Å². The van der Waals surface area contributed by atoms with Gasteiger partial charge in [0.05, 0.1) is 17.3 Å². The summed E-state index contributed by atoms with van der Waals surface area (Å²) in [6.45, 7) is 0.933. The third-order valence-electron chi connectivity index (χ3n) is 3.77. The second-order valence-corrected chi connectivity index (χ2v) is 5.68. The molecule has 0 fully saturated rings. The largest absolute Gasteiger partial charge is 0.486 e. The summed E-state index contributed by atoms with van der Waals surface area (Å²) in [6.07, 6.45) is 0. The van der Waals surface area contributed by atoms with Crippen molar-refractivity contribution < 1.29 is 18.3 Å². The van der Waals surface area contributed by atoms with Crippen LogP contribution in [0.2, 0.25) is 0 Å². The Kier molecular flexibility index (Phi) is 4.01. The number of alkyl halides is 1. The number of fused-ring (bicyclic) bond motifs is 1. The molecule has 0 N–H and O–H groups in total. The molecule has 0 saturated heterocycles. The maximum Gasteiger partial charge on any atom is 0.163 e. The molecule has 0 saturated carbocycles. The molecule has 2 heterocycles. The van der Waals surface area contributed by atoms with Gasteiger partial charge in [-0.2, -0.15) is 0 Å². The molecule has 128 valence electrons. The lowest BCUT2D eigenvalue weighted by Gasteiger charge is -2.19. The van der Waals surface area contributed by atoms with Crippen molar-refractivity contribution in [2.24, 2.45) is 0 Å². The van der Waals surface area contributed by atoms with Crippen molar-refractivity contribution in [2.75, 3.05) is 13.2 Å². The van der Waals surface area contributed by atoms with Gasteiger partial charge in [0.25, 0.3) is 0 Å². The standard InChI is InChI=1S/C17H12ClF2N3O2/c18-9-14-17(10-5-11(19)7-12(20)6-10)23(22-21-14)13-1-2-15-16(8-13)25-4-3-24-15/h1-2,5-8H,3-4,9H2. The van der Waals surface area contributed by atoms with Crippen molar-refractivity contribution in [2.45, 2.75) is 5.88 Å². The highest BCUT2D eigenvalue weighted by Gasteiger charge is 2.19. The third kappa shape index (κ3) is 2.91. The summed E-state index contributed by atoms with van der Waals surface area (Å²) in [5.41, 5.74) is 1.76. The zero-order valence-electron chi connectivity index (χ0n) is 12.9. The normalized spacial score (nSPS) is 13.1. The third-order valence-corrected chi connectivity index (χ3v) is 4.03. The van der Waals surface area contributed by atoms with Crippen LogP contribution in [0.15, 0.2) is 36.4 Å². The Morgan fingerprint density at radius 2 is 1.72 bits per heavy atom. The van der Waals surface area contributed by atoms with Gasteiger partial charge in [-0.1, -0.05) is 5.21 Å². The van der Waals surface area contributed by atoms with Crippen molar-refractivity contribution in [1.82, 2.24) is 15.0 Å². The molecule has 1 aromatic heterocycles. The van der Waals surface area contributed by atoms with Crippen LogP contribution in [-0.4, -0.2) is 28.2 Å². The molecule has 1 aliphatic rings. The molecule has 0 atom stereocenters. The van der Waals surface area contributed by atoms with Gasteiger partial charge < -0.3 is 9.47 Å². The molecule has 0 unspecified atom stereocenters. The molecule has 0 spiro atoms. The van der Waals surface area contributed by atoms with Crippen molar-refractivity contribution in [3.63, 3.8) is 0 Å². The van der Waals surface area contributed by atoms with Gasteiger partial charge in [-0.15, -0.1) is 16.7 Å². The van der Waals surface area contributed by atoms with Crippen LogP contribution in [0.25, 0.3) is 16.9 Å². The SMILES string of the molecule is Fc1cc(F)cc(-c2c(CCl)nnn2-c2ccc3c(c2)OCCO3)c1. The average Bonchev–Trinajstić information content (AvgIpc) is 3.04. The molecular formula is C17H12ClF2N3O2. The van der Waals surface area contributed by atoms with Gasteiger partial charge in [-0.25, -0.2) is 13.5 Å². The lowest BCUT2D eigenvalue weighted by Crippen LogP contribution is -2.15. The monoisotopic (exact) mass is 363 g/mol. The lowest BCUT2D eigenvalue weighted by atomic mass is 10.1. The summed E-state index contributed by atoms with van der Waals surface area (Å²) in [5, 5.41) is 8.11. The summed E-state index contributed by atoms with van der Waals surface area (Å²) < 4.78 is 39.9. The Bertz CT molecular complexity index is 925. The van der Waals surface area contributed by atoms with E-state index in [-0.39, 0.29) is 5.88 Å². The first-order valence-corrected chi connectivity index (χ1v) is 8.06. The number of rotatable bonds is 3. The maximum atomic E-state index is 13.7. The van der Waals surface area contributed by atoms with E-state index in [1.165, 1.54) is 16.8 Å². The topological polar surface area (TPSA) is 49.2 Å². The van der Waals surface area contributed by atoms with Gasteiger partial charge in [0, 0.05) is 17.7 Å². The number of hydrogen-bond donors (Lipinski definition) is 0. The van der Waals surface area contributed by atoms with Crippen molar-refractivity contribution >= 4 is 11.6 Å². The number of benzene rings is 2. The highest BCUT2D eigenvalue weighted by molar-refractivity contribution is 6.17. The number of ether oxygens (including phenoxy) is 2. The fraction of sp³-hybridized carbons (Fsp3) is 0.176. The molecule has 1 aliphatic heterocycles. The minimum absolute atomic E-state index is 0.0536. The molecule has 4 rings (SSSR count). The van der Waals surface area contributed by atoms with Crippen LogP contribution in [0.1, 0.15) is 5.69 Å². The number of nitrogens with zero attached hydrogens (tertiary/aromatic N) is 3. The number of hydrogen-bond acceptors (Lipinski definition) is 4. The summed E-state index contributed by atoms with van der Waals surface area (Å²) in [7, 11) is 0. The van der Waals surface area contributed by atoms with E-state index < -0.39 is 11.6 Å². The van der Waals surface area contributed by atoms with Crippen LogP contribution in [-0.2, 0) is 5.88 Å². The summed E-state index contributed by atoms with van der Waals surface area (Å²) in [6, 6.07) is 8.49. The zero-order valence-corrected chi connectivity index (χ0v) is 13.6. The van der Waals surface area contributed by atoms with Gasteiger partial charge in [0.2, 0.25) is 0 Å². The smallest absolute Gasteiger partial charge is 0.163 e. The Balaban J connectivity index is 1.87. The van der Waals surface area contributed by atoms with E-state index in [1.807, 2.05) is 0 Å². The van der Waals surface area contributed by atoms with E-state index in [0.717, 1.165) is 6.07 Å². The first kappa shape index (κ1) is 15.8. The minimum Gasteiger partial charge on any atom is -0.486 e. The molecule has 0 bridgehead atoms. The maximum absolute atomic E-state index is 13.7.